The number of aromatic amines is 2. The molecule has 68 valence electrons. The molecule has 0 saturated carbocycles. The first-order chi connectivity index (χ1) is 6.95. The smallest absolute Gasteiger partial charge is 0.0657 e. The lowest BCUT2D eigenvalue weighted by Gasteiger charge is -1.98. The topological polar surface area (TPSA) is 44.5 Å². The van der Waals surface area contributed by atoms with Gasteiger partial charge in [-0.05, 0) is 18.2 Å². The van der Waals surface area contributed by atoms with Gasteiger partial charge in [-0.25, -0.2) is 0 Å². The molecule has 0 fully saturated rings. The summed E-state index contributed by atoms with van der Waals surface area (Å²) in [6, 6.07) is 10.2. The van der Waals surface area contributed by atoms with Crippen LogP contribution in [0.4, 0.5) is 0 Å². The Kier molecular flexibility index (Phi) is 1.44. The molecule has 0 bridgehead atoms. The summed E-state index contributed by atoms with van der Waals surface area (Å²) in [7, 11) is 0. The fourth-order valence-corrected chi connectivity index (χ4v) is 1.70. The minimum atomic E-state index is 1.07. The molecule has 0 aliphatic rings. The highest BCUT2D eigenvalue weighted by molar-refractivity contribution is 5.93. The third-order valence-corrected chi connectivity index (χ3v) is 2.37. The number of benzene rings is 1. The molecule has 0 atom stereocenters. The SMILES string of the molecule is c1c[nH]c(-c2cccc3[nH]ncc23)c1. The molecule has 0 amide bonds. The van der Waals surface area contributed by atoms with Crippen LogP contribution in [0.2, 0.25) is 0 Å². The molecular formula is C11H9N3. The number of nitrogens with one attached hydrogen (secondary N) is 2. The minimum absolute atomic E-state index is 1.07. The normalized spacial score (nSPS) is 10.9. The van der Waals surface area contributed by atoms with Gasteiger partial charge >= 0.3 is 0 Å². The summed E-state index contributed by atoms with van der Waals surface area (Å²) in [6.45, 7) is 0. The molecule has 3 heteroatoms. The first kappa shape index (κ1) is 7.38. The van der Waals surface area contributed by atoms with E-state index in [-0.39, 0.29) is 0 Å². The van der Waals surface area contributed by atoms with Crippen molar-refractivity contribution in [2.75, 3.05) is 0 Å². The monoisotopic (exact) mass is 183 g/mol. The van der Waals surface area contributed by atoms with Gasteiger partial charge in [-0.1, -0.05) is 12.1 Å². The van der Waals surface area contributed by atoms with Gasteiger partial charge in [0.2, 0.25) is 0 Å². The number of hydrogen-bond donors (Lipinski definition) is 2. The Bertz CT molecular complexity index is 549. The van der Waals surface area contributed by atoms with E-state index >= 15 is 0 Å². The van der Waals surface area contributed by atoms with Crippen molar-refractivity contribution in [2.45, 2.75) is 0 Å². The zero-order valence-electron chi connectivity index (χ0n) is 7.49. The summed E-state index contributed by atoms with van der Waals surface area (Å²) in [6.07, 6.45) is 3.78. The number of fused-ring (bicyclic) bond motifs is 1. The summed E-state index contributed by atoms with van der Waals surface area (Å²) < 4.78 is 0. The molecule has 0 aliphatic carbocycles. The van der Waals surface area contributed by atoms with Crippen molar-refractivity contribution in [1.82, 2.24) is 15.2 Å². The van der Waals surface area contributed by atoms with E-state index in [2.05, 4.69) is 27.3 Å². The fourth-order valence-electron chi connectivity index (χ4n) is 1.70. The van der Waals surface area contributed by atoms with E-state index in [4.69, 9.17) is 0 Å². The van der Waals surface area contributed by atoms with Crippen LogP contribution in [0.1, 0.15) is 0 Å². The number of H-pyrrole nitrogens is 2. The molecule has 2 N–H and O–H groups in total. The summed E-state index contributed by atoms with van der Waals surface area (Å²) in [4.78, 5) is 3.19. The van der Waals surface area contributed by atoms with Crippen LogP contribution >= 0.6 is 0 Å². The van der Waals surface area contributed by atoms with Crippen LogP contribution in [0.15, 0.2) is 42.7 Å². The largest absolute Gasteiger partial charge is 0.361 e. The van der Waals surface area contributed by atoms with Gasteiger partial charge < -0.3 is 4.98 Å². The molecule has 2 heterocycles. The molecule has 3 nitrogen and oxygen atoms in total. The third kappa shape index (κ3) is 0.956. The standard InChI is InChI=1S/C11H9N3/c1-3-8(10-5-2-6-12-10)9-7-13-14-11(9)4-1/h1-7,12H,(H,13,14). The Labute approximate surface area is 80.8 Å². The lowest BCUT2D eigenvalue weighted by molar-refractivity contribution is 1.12. The maximum Gasteiger partial charge on any atom is 0.0657 e. The first-order valence-corrected chi connectivity index (χ1v) is 4.51. The van der Waals surface area contributed by atoms with Crippen molar-refractivity contribution in [2.24, 2.45) is 0 Å². The Balaban J connectivity index is 2.36. The molecule has 0 radical (unpaired) electrons. The van der Waals surface area contributed by atoms with E-state index in [1.165, 1.54) is 5.56 Å². The molecule has 0 saturated heterocycles. The van der Waals surface area contributed by atoms with E-state index < -0.39 is 0 Å². The quantitative estimate of drug-likeness (QED) is 0.598. The number of aromatic nitrogens is 3. The molecule has 0 unspecified atom stereocenters. The zero-order valence-corrected chi connectivity index (χ0v) is 7.49. The molecule has 3 aromatic rings. The van der Waals surface area contributed by atoms with E-state index in [1.807, 2.05) is 30.6 Å². The Morgan fingerprint density at radius 2 is 2.07 bits per heavy atom. The molecule has 14 heavy (non-hydrogen) atoms. The maximum atomic E-state index is 4.03. The second-order valence-corrected chi connectivity index (χ2v) is 3.22. The lowest BCUT2D eigenvalue weighted by atomic mass is 10.1. The van der Waals surface area contributed by atoms with Crippen LogP contribution in [0.25, 0.3) is 22.2 Å². The first-order valence-electron chi connectivity index (χ1n) is 4.51. The third-order valence-electron chi connectivity index (χ3n) is 2.37. The summed E-state index contributed by atoms with van der Waals surface area (Å²) >= 11 is 0. The van der Waals surface area contributed by atoms with E-state index in [0.29, 0.717) is 0 Å². The van der Waals surface area contributed by atoms with Crippen LogP contribution < -0.4 is 0 Å². The molecular weight excluding hydrogens is 174 g/mol. The Morgan fingerprint density at radius 1 is 1.07 bits per heavy atom. The van der Waals surface area contributed by atoms with Crippen molar-refractivity contribution in [3.05, 3.63) is 42.7 Å². The Hall–Kier alpha value is -2.03. The van der Waals surface area contributed by atoms with Crippen LogP contribution in [0.5, 0.6) is 0 Å². The second kappa shape index (κ2) is 2.73. The van der Waals surface area contributed by atoms with Crippen molar-refractivity contribution < 1.29 is 0 Å². The number of hydrogen-bond acceptors (Lipinski definition) is 1. The maximum absolute atomic E-state index is 4.03. The fraction of sp³-hybridized carbons (Fsp3) is 0. The minimum Gasteiger partial charge on any atom is -0.361 e. The van der Waals surface area contributed by atoms with Crippen molar-refractivity contribution in [3.63, 3.8) is 0 Å². The van der Waals surface area contributed by atoms with Gasteiger partial charge in [0.25, 0.3) is 0 Å². The highest BCUT2D eigenvalue weighted by Crippen LogP contribution is 2.25. The van der Waals surface area contributed by atoms with Gasteiger partial charge in [-0.15, -0.1) is 0 Å². The van der Waals surface area contributed by atoms with Crippen molar-refractivity contribution in [1.29, 1.82) is 0 Å². The average Bonchev–Trinajstić information content (AvgIpc) is 2.88. The van der Waals surface area contributed by atoms with Gasteiger partial charge in [-0.3, -0.25) is 5.10 Å². The summed E-state index contributed by atoms with van der Waals surface area (Å²) in [5.74, 6) is 0. The summed E-state index contributed by atoms with van der Waals surface area (Å²) in [5.41, 5.74) is 3.37. The lowest BCUT2D eigenvalue weighted by Crippen LogP contribution is -1.77. The van der Waals surface area contributed by atoms with Crippen LogP contribution in [0, 0.1) is 0 Å². The van der Waals surface area contributed by atoms with Gasteiger partial charge in [0.1, 0.15) is 0 Å². The summed E-state index contributed by atoms with van der Waals surface area (Å²) in [5, 5.41) is 8.14. The average molecular weight is 183 g/mol. The van der Waals surface area contributed by atoms with Crippen LogP contribution in [-0.2, 0) is 0 Å². The van der Waals surface area contributed by atoms with Crippen LogP contribution in [0.3, 0.4) is 0 Å². The van der Waals surface area contributed by atoms with E-state index in [1.54, 1.807) is 0 Å². The molecule has 3 rings (SSSR count). The van der Waals surface area contributed by atoms with Crippen LogP contribution in [-0.4, -0.2) is 15.2 Å². The van der Waals surface area contributed by atoms with Crippen molar-refractivity contribution in [3.8, 4) is 11.3 Å². The number of rotatable bonds is 1. The molecule has 1 aromatic carbocycles. The highest BCUT2D eigenvalue weighted by atomic mass is 15.1. The molecule has 2 aromatic heterocycles. The molecule has 0 spiro atoms. The number of nitrogens with zero attached hydrogens (tertiary/aromatic N) is 1. The van der Waals surface area contributed by atoms with Gasteiger partial charge in [0.15, 0.2) is 0 Å². The zero-order chi connectivity index (χ0) is 9.38. The second-order valence-electron chi connectivity index (χ2n) is 3.22. The van der Waals surface area contributed by atoms with Gasteiger partial charge in [0, 0.05) is 22.8 Å². The predicted octanol–water partition coefficient (Wildman–Crippen LogP) is 2.56. The van der Waals surface area contributed by atoms with E-state index in [0.717, 1.165) is 16.6 Å². The molecule has 0 aliphatic heterocycles. The predicted molar refractivity (Wildman–Crippen MR) is 55.9 cm³/mol. The van der Waals surface area contributed by atoms with Gasteiger partial charge in [0.05, 0.1) is 11.7 Å². The van der Waals surface area contributed by atoms with E-state index in [9.17, 15) is 0 Å². The van der Waals surface area contributed by atoms with Gasteiger partial charge in [-0.2, -0.15) is 5.10 Å². The Morgan fingerprint density at radius 3 is 2.93 bits per heavy atom. The highest BCUT2D eigenvalue weighted by Gasteiger charge is 2.04. The van der Waals surface area contributed by atoms with Crippen molar-refractivity contribution >= 4 is 10.9 Å².